The summed E-state index contributed by atoms with van der Waals surface area (Å²) in [4.78, 5) is 19.9. The Bertz CT molecular complexity index is 1020. The van der Waals surface area contributed by atoms with Gasteiger partial charge < -0.3 is 19.9 Å². The Balaban J connectivity index is 1.63. The maximum Gasteiger partial charge on any atom is 0.438 e. The lowest BCUT2D eigenvalue weighted by Crippen LogP contribution is -2.43. The van der Waals surface area contributed by atoms with Crippen molar-refractivity contribution in [3.63, 3.8) is 0 Å². The molecular weight excluding hydrogens is 463 g/mol. The van der Waals surface area contributed by atoms with Gasteiger partial charge in [-0.3, -0.25) is 0 Å². The van der Waals surface area contributed by atoms with Gasteiger partial charge in [0.2, 0.25) is 11.6 Å². The Morgan fingerprint density at radius 2 is 1.82 bits per heavy atom. The Hall–Kier alpha value is -2.59. The van der Waals surface area contributed by atoms with Crippen LogP contribution < -0.4 is 14.8 Å². The van der Waals surface area contributed by atoms with Crippen LogP contribution in [0.4, 0.5) is 18.0 Å². The molecule has 2 saturated carbocycles. The van der Waals surface area contributed by atoms with Crippen LogP contribution in [0.15, 0.2) is 24.3 Å². The fourth-order valence-corrected chi connectivity index (χ4v) is 3.39. The number of carbonyl (C=O) groups excluding carboxylic acids is 1. The van der Waals surface area contributed by atoms with E-state index < -0.39 is 29.4 Å². The summed E-state index contributed by atoms with van der Waals surface area (Å²) in [5.74, 6) is -1.02. The topological polar surface area (TPSA) is 93.6 Å². The number of benzene rings is 1. The van der Waals surface area contributed by atoms with Crippen molar-refractivity contribution in [1.29, 1.82) is 0 Å². The number of hydrogen-bond acceptors (Lipinski definition) is 6. The van der Waals surface area contributed by atoms with Crippen LogP contribution in [0.1, 0.15) is 38.3 Å². The average Bonchev–Trinajstić information content (AvgIpc) is 3.64. The van der Waals surface area contributed by atoms with Crippen LogP contribution in [0, 0.1) is 11.8 Å². The molecule has 1 atom stereocenters. The number of aromatic nitrogens is 2. The highest BCUT2D eigenvalue weighted by atomic mass is 35.5. The van der Waals surface area contributed by atoms with Gasteiger partial charge in [-0.2, -0.15) is 13.2 Å². The summed E-state index contributed by atoms with van der Waals surface area (Å²) in [6.07, 6.45) is -2.62. The molecule has 2 aliphatic carbocycles. The number of hydrogen-bond donors (Lipinski definition) is 2. The highest BCUT2D eigenvalue weighted by molar-refractivity contribution is 6.30. The van der Waals surface area contributed by atoms with Crippen molar-refractivity contribution in [2.75, 3.05) is 13.2 Å². The predicted molar refractivity (Wildman–Crippen MR) is 113 cm³/mol. The van der Waals surface area contributed by atoms with Gasteiger partial charge >= 0.3 is 12.3 Å². The monoisotopic (exact) mass is 485 g/mol. The molecule has 11 heteroatoms. The van der Waals surface area contributed by atoms with Crippen molar-refractivity contribution in [2.24, 2.45) is 11.8 Å². The van der Waals surface area contributed by atoms with E-state index in [9.17, 15) is 23.1 Å². The van der Waals surface area contributed by atoms with Crippen LogP contribution in [0.25, 0.3) is 11.3 Å². The molecule has 0 radical (unpaired) electrons. The molecule has 2 fully saturated rings. The van der Waals surface area contributed by atoms with Gasteiger partial charge in [0.05, 0.1) is 12.2 Å². The molecule has 1 amide bonds. The molecule has 2 aromatic rings. The van der Waals surface area contributed by atoms with Crippen LogP contribution in [0.2, 0.25) is 5.02 Å². The smallest absolute Gasteiger partial charge is 0.438 e. The lowest BCUT2D eigenvalue weighted by Gasteiger charge is -2.23. The van der Waals surface area contributed by atoms with Crippen molar-refractivity contribution >= 4 is 17.7 Å². The molecule has 0 saturated heterocycles. The fraction of sp³-hybridized carbons (Fsp3) is 0.500. The van der Waals surface area contributed by atoms with Gasteiger partial charge in [0.15, 0.2) is 0 Å². The first-order chi connectivity index (χ1) is 15.5. The quantitative estimate of drug-likeness (QED) is 0.555. The molecular formula is C22H23ClF3N3O4. The van der Waals surface area contributed by atoms with Crippen molar-refractivity contribution in [1.82, 2.24) is 15.3 Å². The van der Waals surface area contributed by atoms with Crippen LogP contribution in [0.3, 0.4) is 0 Å². The Morgan fingerprint density at radius 3 is 2.39 bits per heavy atom. The van der Waals surface area contributed by atoms with Gasteiger partial charge in [-0.15, -0.1) is 0 Å². The second kappa shape index (κ2) is 8.98. The van der Waals surface area contributed by atoms with E-state index >= 15 is 0 Å². The Kier molecular flexibility index (Phi) is 6.41. The molecule has 2 N–H and O–H groups in total. The summed E-state index contributed by atoms with van der Waals surface area (Å²) in [5.41, 5.74) is -2.26. The standard InChI is InChI=1S/C22H23ClF3N3O4/c1-21(31,14-6-7-14)11-27-20(30)33-19-17(22(24,25)26)29-18(32-10-12-2-3-12)16(28-19)13-4-8-15(23)9-5-13/h4-5,8-9,12,14,31H,2-3,6-7,10-11H2,1H3,(H,27,30). The lowest BCUT2D eigenvalue weighted by atomic mass is 10.0. The maximum absolute atomic E-state index is 13.7. The van der Waals surface area contributed by atoms with E-state index in [2.05, 4.69) is 15.3 Å². The third-order valence-corrected chi connectivity index (χ3v) is 5.86. The predicted octanol–water partition coefficient (Wildman–Crippen LogP) is 4.85. The van der Waals surface area contributed by atoms with Crippen LogP contribution in [-0.2, 0) is 6.18 Å². The first kappa shape index (κ1) is 23.6. The van der Waals surface area contributed by atoms with Gasteiger partial charge in [-0.05, 0) is 56.6 Å². The van der Waals surface area contributed by atoms with Gasteiger partial charge in [0.1, 0.15) is 5.69 Å². The maximum atomic E-state index is 13.7. The molecule has 0 aliphatic heterocycles. The van der Waals surface area contributed by atoms with E-state index in [1.54, 1.807) is 31.2 Å². The van der Waals surface area contributed by atoms with Crippen molar-refractivity contribution in [3.05, 3.63) is 35.0 Å². The Labute approximate surface area is 193 Å². The second-order valence-corrected chi connectivity index (χ2v) is 9.10. The van der Waals surface area contributed by atoms with E-state index in [1.807, 2.05) is 0 Å². The number of alkyl halides is 3. The molecule has 7 nitrogen and oxygen atoms in total. The van der Waals surface area contributed by atoms with Gasteiger partial charge in [0.25, 0.3) is 5.88 Å². The van der Waals surface area contributed by atoms with Gasteiger partial charge in [-0.25, -0.2) is 14.8 Å². The summed E-state index contributed by atoms with van der Waals surface area (Å²) in [7, 11) is 0. The highest BCUT2D eigenvalue weighted by Crippen LogP contribution is 2.40. The number of ether oxygens (including phenoxy) is 2. The number of carbonyl (C=O) groups is 1. The summed E-state index contributed by atoms with van der Waals surface area (Å²) >= 11 is 5.92. The SMILES string of the molecule is CC(O)(CNC(=O)Oc1nc(-c2ccc(Cl)cc2)c(OCC2CC2)nc1C(F)(F)F)C1CC1. The Morgan fingerprint density at radius 1 is 1.15 bits per heavy atom. The zero-order valence-electron chi connectivity index (χ0n) is 17.8. The summed E-state index contributed by atoms with van der Waals surface area (Å²) in [5, 5.41) is 13.0. The molecule has 1 aromatic heterocycles. The van der Waals surface area contributed by atoms with E-state index in [4.69, 9.17) is 21.1 Å². The summed E-state index contributed by atoms with van der Waals surface area (Å²) < 4.78 is 51.7. The van der Waals surface area contributed by atoms with Gasteiger partial charge in [-0.1, -0.05) is 23.7 Å². The van der Waals surface area contributed by atoms with Crippen LogP contribution in [0.5, 0.6) is 11.8 Å². The minimum Gasteiger partial charge on any atom is -0.476 e. The number of halogens is 4. The van der Waals surface area contributed by atoms with E-state index in [1.165, 1.54) is 0 Å². The summed E-state index contributed by atoms with van der Waals surface area (Å²) in [6.45, 7) is 1.60. The van der Waals surface area contributed by atoms with Crippen LogP contribution >= 0.6 is 11.6 Å². The van der Waals surface area contributed by atoms with E-state index in [-0.39, 0.29) is 36.6 Å². The first-order valence-electron chi connectivity index (χ1n) is 10.6. The van der Waals surface area contributed by atoms with Gasteiger partial charge in [0, 0.05) is 17.1 Å². The highest BCUT2D eigenvalue weighted by Gasteiger charge is 2.42. The van der Waals surface area contributed by atoms with E-state index in [0.29, 0.717) is 10.6 Å². The van der Waals surface area contributed by atoms with Crippen molar-refractivity contribution in [3.8, 4) is 23.0 Å². The van der Waals surface area contributed by atoms with Crippen molar-refractivity contribution in [2.45, 2.75) is 44.4 Å². The zero-order chi connectivity index (χ0) is 23.8. The van der Waals surface area contributed by atoms with Crippen molar-refractivity contribution < 1.29 is 32.5 Å². The average molecular weight is 486 g/mol. The fourth-order valence-electron chi connectivity index (χ4n) is 3.26. The third kappa shape index (κ3) is 6.05. The number of rotatable bonds is 8. The minimum absolute atomic E-state index is 0.00639. The summed E-state index contributed by atoms with van der Waals surface area (Å²) in [6, 6.07) is 6.21. The van der Waals surface area contributed by atoms with E-state index in [0.717, 1.165) is 25.7 Å². The first-order valence-corrected chi connectivity index (χ1v) is 11.0. The second-order valence-electron chi connectivity index (χ2n) is 8.66. The number of nitrogens with one attached hydrogen (secondary N) is 1. The number of nitrogens with zero attached hydrogens (tertiary/aromatic N) is 2. The zero-order valence-corrected chi connectivity index (χ0v) is 18.5. The molecule has 33 heavy (non-hydrogen) atoms. The largest absolute Gasteiger partial charge is 0.476 e. The normalized spacial score (nSPS) is 17.9. The molecule has 1 unspecified atom stereocenters. The molecule has 2 aliphatic rings. The lowest BCUT2D eigenvalue weighted by molar-refractivity contribution is -0.142. The molecule has 178 valence electrons. The molecule has 1 aromatic carbocycles. The van der Waals surface area contributed by atoms with Crippen LogP contribution in [-0.4, -0.2) is 39.9 Å². The molecule has 4 rings (SSSR count). The minimum atomic E-state index is -4.95. The third-order valence-electron chi connectivity index (χ3n) is 5.61. The number of amides is 1. The molecule has 1 heterocycles. The molecule has 0 bridgehead atoms. The number of aliphatic hydroxyl groups is 1. The molecule has 0 spiro atoms.